The largest absolute Gasteiger partial charge is 0.353 e. The van der Waals surface area contributed by atoms with Gasteiger partial charge in [0, 0.05) is 57.4 Å². The van der Waals surface area contributed by atoms with Gasteiger partial charge in [-0.3, -0.25) is 9.67 Å². The van der Waals surface area contributed by atoms with Crippen molar-refractivity contribution in [2.24, 2.45) is 7.05 Å². The van der Waals surface area contributed by atoms with Crippen LogP contribution in [-0.4, -0.2) is 55.9 Å². The maximum absolute atomic E-state index is 8.96. The van der Waals surface area contributed by atoms with Crippen LogP contribution >= 0.6 is 0 Å². The first-order chi connectivity index (χ1) is 14.7. The average Bonchev–Trinajstić information content (AvgIpc) is 3.20. The van der Waals surface area contributed by atoms with E-state index < -0.39 is 0 Å². The summed E-state index contributed by atoms with van der Waals surface area (Å²) in [5, 5.41) is 14.3. The van der Waals surface area contributed by atoms with Crippen molar-refractivity contribution in [3.05, 3.63) is 54.6 Å². The molecular weight excluding hydrogens is 378 g/mol. The van der Waals surface area contributed by atoms with E-state index in [-0.39, 0.29) is 0 Å². The van der Waals surface area contributed by atoms with Crippen LogP contribution in [0.25, 0.3) is 22.4 Å². The predicted molar refractivity (Wildman–Crippen MR) is 113 cm³/mol. The molecule has 5 heterocycles. The van der Waals surface area contributed by atoms with Gasteiger partial charge >= 0.3 is 0 Å². The lowest BCUT2D eigenvalue weighted by Crippen LogP contribution is -2.47. The van der Waals surface area contributed by atoms with Crippen molar-refractivity contribution in [3.63, 3.8) is 0 Å². The minimum atomic E-state index is 0.570. The lowest BCUT2D eigenvalue weighted by atomic mass is 10.2. The van der Waals surface area contributed by atoms with E-state index in [0.717, 1.165) is 54.4 Å². The molecule has 0 aromatic carbocycles. The van der Waals surface area contributed by atoms with Crippen LogP contribution in [0.15, 0.2) is 49.1 Å². The molecule has 1 fully saturated rings. The summed E-state index contributed by atoms with van der Waals surface area (Å²) in [6, 6.07) is 9.64. The molecule has 0 atom stereocenters. The molecule has 9 nitrogen and oxygen atoms in total. The van der Waals surface area contributed by atoms with Crippen molar-refractivity contribution in [2.75, 3.05) is 36.0 Å². The molecular formula is C21H19N9. The quantitative estimate of drug-likeness (QED) is 0.518. The minimum Gasteiger partial charge on any atom is -0.353 e. The number of pyridine rings is 2. The number of piperazine rings is 1. The van der Waals surface area contributed by atoms with E-state index in [4.69, 9.17) is 15.2 Å². The summed E-state index contributed by atoms with van der Waals surface area (Å²) in [4.78, 5) is 22.6. The third kappa shape index (κ3) is 3.18. The normalized spacial score (nSPS) is 14.1. The minimum absolute atomic E-state index is 0.570. The van der Waals surface area contributed by atoms with Gasteiger partial charge in [0.25, 0.3) is 0 Å². The molecule has 1 saturated heterocycles. The van der Waals surface area contributed by atoms with Gasteiger partial charge in [-0.15, -0.1) is 0 Å². The van der Waals surface area contributed by atoms with Gasteiger partial charge in [-0.1, -0.05) is 0 Å². The zero-order valence-corrected chi connectivity index (χ0v) is 16.5. The molecule has 5 rings (SSSR count). The third-order valence-electron chi connectivity index (χ3n) is 5.29. The number of fused-ring (bicyclic) bond motifs is 1. The van der Waals surface area contributed by atoms with Crippen molar-refractivity contribution in [1.82, 2.24) is 29.7 Å². The fourth-order valence-corrected chi connectivity index (χ4v) is 3.66. The molecule has 0 unspecified atom stereocenters. The van der Waals surface area contributed by atoms with Gasteiger partial charge in [-0.05, 0) is 24.3 Å². The first kappa shape index (κ1) is 18.0. The van der Waals surface area contributed by atoms with Crippen LogP contribution in [0.3, 0.4) is 0 Å². The first-order valence-corrected chi connectivity index (χ1v) is 9.69. The highest BCUT2D eigenvalue weighted by molar-refractivity contribution is 5.88. The van der Waals surface area contributed by atoms with E-state index in [0.29, 0.717) is 11.4 Å². The Morgan fingerprint density at radius 3 is 2.40 bits per heavy atom. The van der Waals surface area contributed by atoms with Crippen LogP contribution in [0.1, 0.15) is 5.56 Å². The Morgan fingerprint density at radius 1 is 0.933 bits per heavy atom. The molecule has 1 aliphatic rings. The van der Waals surface area contributed by atoms with Crippen LogP contribution in [0.5, 0.6) is 0 Å². The second kappa shape index (κ2) is 7.40. The van der Waals surface area contributed by atoms with E-state index in [9.17, 15) is 0 Å². The van der Waals surface area contributed by atoms with Crippen LogP contribution in [0, 0.1) is 11.3 Å². The van der Waals surface area contributed by atoms with Gasteiger partial charge in [0.05, 0.1) is 17.1 Å². The Labute approximate surface area is 173 Å². The first-order valence-electron chi connectivity index (χ1n) is 9.69. The molecule has 148 valence electrons. The number of hydrogen-bond acceptors (Lipinski definition) is 8. The molecule has 0 aliphatic carbocycles. The summed E-state index contributed by atoms with van der Waals surface area (Å²) in [6.07, 6.45) is 6.94. The molecule has 4 aromatic rings. The van der Waals surface area contributed by atoms with Crippen LogP contribution in [-0.2, 0) is 7.05 Å². The summed E-state index contributed by atoms with van der Waals surface area (Å²) in [5.74, 6) is 2.45. The van der Waals surface area contributed by atoms with Crippen molar-refractivity contribution < 1.29 is 0 Å². The van der Waals surface area contributed by atoms with Gasteiger partial charge in [0.2, 0.25) is 0 Å². The summed E-state index contributed by atoms with van der Waals surface area (Å²) >= 11 is 0. The number of hydrogen-bond donors (Lipinski definition) is 0. The fraction of sp³-hybridized carbons (Fsp3) is 0.238. The van der Waals surface area contributed by atoms with Gasteiger partial charge < -0.3 is 9.80 Å². The molecule has 0 bridgehead atoms. The van der Waals surface area contributed by atoms with Crippen LogP contribution < -0.4 is 9.80 Å². The Hall–Kier alpha value is -4.06. The summed E-state index contributed by atoms with van der Waals surface area (Å²) in [6.45, 7) is 3.24. The maximum atomic E-state index is 8.96. The topological polar surface area (TPSA) is 99.7 Å². The van der Waals surface area contributed by atoms with Gasteiger partial charge in [0.15, 0.2) is 11.5 Å². The zero-order valence-electron chi connectivity index (χ0n) is 16.5. The SMILES string of the molecule is Cn1ncc2c(N3CCN(c4ccc(C#N)cn4)CC3)nc(-c3ccncc3)nc21. The lowest BCUT2D eigenvalue weighted by Gasteiger charge is -2.36. The van der Waals surface area contributed by atoms with Crippen molar-refractivity contribution in [2.45, 2.75) is 0 Å². The molecule has 0 radical (unpaired) electrons. The van der Waals surface area contributed by atoms with E-state index in [1.54, 1.807) is 29.3 Å². The molecule has 1 aliphatic heterocycles. The fourth-order valence-electron chi connectivity index (χ4n) is 3.66. The van der Waals surface area contributed by atoms with Crippen molar-refractivity contribution >= 4 is 22.7 Å². The Kier molecular flexibility index (Phi) is 4.44. The van der Waals surface area contributed by atoms with Crippen molar-refractivity contribution in [1.29, 1.82) is 5.26 Å². The monoisotopic (exact) mass is 397 g/mol. The Bertz CT molecular complexity index is 1220. The second-order valence-electron chi connectivity index (χ2n) is 7.10. The van der Waals surface area contributed by atoms with Crippen LogP contribution in [0.2, 0.25) is 0 Å². The number of aromatic nitrogens is 6. The highest BCUT2D eigenvalue weighted by Crippen LogP contribution is 2.28. The lowest BCUT2D eigenvalue weighted by molar-refractivity contribution is 0.643. The zero-order chi connectivity index (χ0) is 20.5. The highest BCUT2D eigenvalue weighted by atomic mass is 15.3. The van der Waals surface area contributed by atoms with Crippen LogP contribution in [0.4, 0.5) is 11.6 Å². The predicted octanol–water partition coefficient (Wildman–Crippen LogP) is 2.02. The molecule has 0 N–H and O–H groups in total. The highest BCUT2D eigenvalue weighted by Gasteiger charge is 2.23. The molecule has 4 aromatic heterocycles. The molecule has 9 heteroatoms. The third-order valence-corrected chi connectivity index (χ3v) is 5.29. The number of aryl methyl sites for hydroxylation is 1. The van der Waals surface area contributed by atoms with Gasteiger partial charge in [-0.2, -0.15) is 10.4 Å². The summed E-state index contributed by atoms with van der Waals surface area (Å²) in [5.41, 5.74) is 2.30. The smallest absolute Gasteiger partial charge is 0.164 e. The second-order valence-corrected chi connectivity index (χ2v) is 7.10. The van der Waals surface area contributed by atoms with E-state index in [1.807, 2.05) is 31.4 Å². The maximum Gasteiger partial charge on any atom is 0.164 e. The molecule has 0 spiro atoms. The number of nitriles is 1. The van der Waals surface area contributed by atoms with Gasteiger partial charge in [-0.25, -0.2) is 15.0 Å². The van der Waals surface area contributed by atoms with E-state index in [1.165, 1.54) is 0 Å². The number of rotatable bonds is 3. The Morgan fingerprint density at radius 2 is 1.70 bits per heavy atom. The summed E-state index contributed by atoms with van der Waals surface area (Å²) < 4.78 is 1.78. The number of nitrogens with zero attached hydrogens (tertiary/aromatic N) is 9. The number of anilines is 2. The average molecular weight is 397 g/mol. The van der Waals surface area contributed by atoms with Gasteiger partial charge in [0.1, 0.15) is 17.7 Å². The van der Waals surface area contributed by atoms with Crippen molar-refractivity contribution in [3.8, 4) is 17.5 Å². The summed E-state index contributed by atoms with van der Waals surface area (Å²) in [7, 11) is 1.89. The van der Waals surface area contributed by atoms with E-state index >= 15 is 0 Å². The molecule has 30 heavy (non-hydrogen) atoms. The molecule has 0 saturated carbocycles. The van der Waals surface area contributed by atoms with E-state index in [2.05, 4.69) is 30.9 Å². The Balaban J connectivity index is 1.44. The molecule has 0 amide bonds. The standard InChI is InChI=1S/C21H19N9/c1-28-20-17(14-25-28)21(27-19(26-20)16-4-6-23-7-5-16)30-10-8-29(9-11-30)18-3-2-15(12-22)13-24-18/h2-7,13-14H,8-11H2,1H3.